The second kappa shape index (κ2) is 9.19. The molecule has 0 aliphatic heterocycles. The standard InChI is InChI=1S/C30H28O6/c1-18-9-11-30(2,12-10-21-14-19-5-7-28(31)35-25(19)16-24(21)33-3)23(13-18)22-15-20-6-8-29(32)36-26(20)17-27(22)34-4/h5-8,10,12-17,23H,9,11H2,1-4H3/t23-,30-/m1/s1. The number of ether oxygens (including phenoxy) is 2. The van der Waals surface area contributed by atoms with Gasteiger partial charge in [0.25, 0.3) is 0 Å². The summed E-state index contributed by atoms with van der Waals surface area (Å²) in [6.45, 7) is 4.40. The maximum atomic E-state index is 11.7. The third-order valence-corrected chi connectivity index (χ3v) is 7.14. The molecule has 1 aliphatic carbocycles. The van der Waals surface area contributed by atoms with E-state index in [1.54, 1.807) is 38.5 Å². The Bertz CT molecular complexity index is 1640. The molecule has 0 saturated heterocycles. The van der Waals surface area contributed by atoms with Gasteiger partial charge in [0, 0.05) is 52.1 Å². The van der Waals surface area contributed by atoms with Gasteiger partial charge in [0.1, 0.15) is 22.7 Å². The molecule has 2 heterocycles. The van der Waals surface area contributed by atoms with Gasteiger partial charge in [-0.15, -0.1) is 0 Å². The summed E-state index contributed by atoms with van der Waals surface area (Å²) < 4.78 is 22.1. The van der Waals surface area contributed by atoms with Crippen molar-refractivity contribution in [1.29, 1.82) is 0 Å². The molecule has 36 heavy (non-hydrogen) atoms. The molecule has 0 saturated carbocycles. The molecule has 0 N–H and O–H groups in total. The average molecular weight is 485 g/mol. The van der Waals surface area contributed by atoms with Crippen LogP contribution in [0.2, 0.25) is 0 Å². The second-order valence-electron chi connectivity index (χ2n) is 9.60. The maximum absolute atomic E-state index is 11.7. The Hall–Kier alpha value is -4.06. The minimum Gasteiger partial charge on any atom is -0.496 e. The molecule has 0 unspecified atom stereocenters. The monoisotopic (exact) mass is 484 g/mol. The number of allylic oxidation sites excluding steroid dienone is 3. The lowest BCUT2D eigenvalue weighted by Gasteiger charge is -2.38. The van der Waals surface area contributed by atoms with Crippen LogP contribution in [0.25, 0.3) is 28.0 Å². The van der Waals surface area contributed by atoms with Gasteiger partial charge < -0.3 is 18.3 Å². The van der Waals surface area contributed by atoms with Crippen LogP contribution in [0, 0.1) is 5.41 Å². The molecule has 0 spiro atoms. The zero-order chi connectivity index (χ0) is 25.4. The predicted molar refractivity (Wildman–Crippen MR) is 141 cm³/mol. The van der Waals surface area contributed by atoms with E-state index in [1.165, 1.54) is 17.7 Å². The fourth-order valence-corrected chi connectivity index (χ4v) is 5.05. The number of methoxy groups -OCH3 is 2. The number of rotatable bonds is 5. The molecule has 1 aliphatic rings. The lowest BCUT2D eigenvalue weighted by Crippen LogP contribution is -2.26. The maximum Gasteiger partial charge on any atom is 0.336 e. The van der Waals surface area contributed by atoms with Crippen molar-refractivity contribution in [3.63, 3.8) is 0 Å². The molecule has 0 radical (unpaired) electrons. The minimum atomic E-state index is -0.392. The lowest BCUT2D eigenvalue weighted by molar-refractivity contribution is 0.322. The molecular formula is C30H28O6. The van der Waals surface area contributed by atoms with Gasteiger partial charge in [-0.05, 0) is 49.4 Å². The fourth-order valence-electron chi connectivity index (χ4n) is 5.05. The molecule has 184 valence electrons. The molecule has 6 nitrogen and oxygen atoms in total. The van der Waals surface area contributed by atoms with Gasteiger partial charge in [0.2, 0.25) is 0 Å². The summed E-state index contributed by atoms with van der Waals surface area (Å²) in [6, 6.07) is 14.0. The Morgan fingerprint density at radius 1 is 0.889 bits per heavy atom. The highest BCUT2D eigenvalue weighted by Gasteiger charge is 2.36. The number of hydrogen-bond donors (Lipinski definition) is 0. The van der Waals surface area contributed by atoms with E-state index in [2.05, 4.69) is 38.1 Å². The van der Waals surface area contributed by atoms with Crippen LogP contribution >= 0.6 is 0 Å². The van der Waals surface area contributed by atoms with Crippen molar-refractivity contribution < 1.29 is 18.3 Å². The van der Waals surface area contributed by atoms with E-state index in [0.29, 0.717) is 22.7 Å². The summed E-state index contributed by atoms with van der Waals surface area (Å²) in [5.74, 6) is 1.36. The van der Waals surface area contributed by atoms with Crippen molar-refractivity contribution in [3.05, 3.63) is 98.2 Å². The Balaban J connectivity index is 1.61. The van der Waals surface area contributed by atoms with Crippen molar-refractivity contribution in [2.24, 2.45) is 5.41 Å². The smallest absolute Gasteiger partial charge is 0.336 e. The topological polar surface area (TPSA) is 78.9 Å². The van der Waals surface area contributed by atoms with E-state index < -0.39 is 5.63 Å². The van der Waals surface area contributed by atoms with Gasteiger partial charge >= 0.3 is 11.3 Å². The first-order valence-electron chi connectivity index (χ1n) is 11.9. The third kappa shape index (κ3) is 4.35. The summed E-state index contributed by atoms with van der Waals surface area (Å²) in [7, 11) is 3.24. The van der Waals surface area contributed by atoms with Crippen LogP contribution in [0.3, 0.4) is 0 Å². The van der Waals surface area contributed by atoms with E-state index >= 15 is 0 Å². The summed E-state index contributed by atoms with van der Waals surface area (Å²) in [4.78, 5) is 23.4. The molecule has 0 amide bonds. The van der Waals surface area contributed by atoms with Gasteiger partial charge in [-0.1, -0.05) is 30.7 Å². The highest BCUT2D eigenvalue weighted by atomic mass is 16.5. The lowest BCUT2D eigenvalue weighted by atomic mass is 9.66. The van der Waals surface area contributed by atoms with E-state index in [1.807, 2.05) is 6.07 Å². The van der Waals surface area contributed by atoms with Gasteiger partial charge in [0.15, 0.2) is 0 Å². The normalized spacial score (nSPS) is 20.1. The first-order valence-corrected chi connectivity index (χ1v) is 11.9. The van der Waals surface area contributed by atoms with Crippen LogP contribution in [0.4, 0.5) is 0 Å². The predicted octanol–water partition coefficient (Wildman–Crippen LogP) is 6.46. The van der Waals surface area contributed by atoms with Gasteiger partial charge in [0.05, 0.1) is 14.2 Å². The quantitative estimate of drug-likeness (QED) is 0.239. The number of hydrogen-bond acceptors (Lipinski definition) is 6. The molecule has 0 bridgehead atoms. The zero-order valence-corrected chi connectivity index (χ0v) is 20.8. The molecule has 2 atom stereocenters. The molecule has 6 heteroatoms. The van der Waals surface area contributed by atoms with Crippen LogP contribution in [-0.2, 0) is 0 Å². The van der Waals surface area contributed by atoms with Crippen molar-refractivity contribution in [2.45, 2.75) is 32.6 Å². The van der Waals surface area contributed by atoms with E-state index in [4.69, 9.17) is 18.3 Å². The highest BCUT2D eigenvalue weighted by molar-refractivity contribution is 5.83. The van der Waals surface area contributed by atoms with Gasteiger partial charge in [-0.3, -0.25) is 0 Å². The molecule has 5 rings (SSSR count). The van der Waals surface area contributed by atoms with Crippen molar-refractivity contribution in [3.8, 4) is 11.5 Å². The van der Waals surface area contributed by atoms with Crippen molar-refractivity contribution in [2.75, 3.05) is 14.2 Å². The van der Waals surface area contributed by atoms with Crippen LogP contribution in [0.5, 0.6) is 11.5 Å². The van der Waals surface area contributed by atoms with Crippen LogP contribution < -0.4 is 20.7 Å². The summed E-state index contributed by atoms with van der Waals surface area (Å²) >= 11 is 0. The summed E-state index contributed by atoms with van der Waals surface area (Å²) in [5, 5.41) is 1.68. The largest absolute Gasteiger partial charge is 0.496 e. The second-order valence-corrected chi connectivity index (χ2v) is 9.60. The molecular weight excluding hydrogens is 456 g/mol. The van der Waals surface area contributed by atoms with Crippen molar-refractivity contribution >= 4 is 28.0 Å². The van der Waals surface area contributed by atoms with Crippen molar-refractivity contribution in [1.82, 2.24) is 0 Å². The number of fused-ring (bicyclic) bond motifs is 2. The Labute approximate surface area is 208 Å². The minimum absolute atomic E-state index is 0.0400. The SMILES string of the molecule is COc1cc2oc(=O)ccc2cc1C=C[C@@]1(C)CCC(C)=C[C@@H]1c1cc2ccc(=O)oc2cc1OC. The Morgan fingerprint density at radius 2 is 1.50 bits per heavy atom. The van der Waals surface area contributed by atoms with Crippen LogP contribution in [-0.4, -0.2) is 14.2 Å². The van der Waals surface area contributed by atoms with E-state index in [-0.39, 0.29) is 17.0 Å². The fraction of sp³-hybridized carbons (Fsp3) is 0.267. The first kappa shape index (κ1) is 23.7. The molecule has 4 aromatic rings. The molecule has 0 fully saturated rings. The van der Waals surface area contributed by atoms with Gasteiger partial charge in [-0.2, -0.15) is 0 Å². The molecule has 2 aromatic carbocycles. The number of benzene rings is 2. The van der Waals surface area contributed by atoms with Crippen LogP contribution in [0.15, 0.2) is 84.7 Å². The average Bonchev–Trinajstić information content (AvgIpc) is 2.87. The zero-order valence-electron chi connectivity index (χ0n) is 20.8. The highest BCUT2D eigenvalue weighted by Crippen LogP contribution is 2.50. The third-order valence-electron chi connectivity index (χ3n) is 7.14. The molecule has 2 aromatic heterocycles. The summed E-state index contributed by atoms with van der Waals surface area (Å²) in [5.41, 5.74) is 3.26. The van der Waals surface area contributed by atoms with Crippen LogP contribution in [0.1, 0.15) is 43.7 Å². The first-order chi connectivity index (χ1) is 17.3. The van der Waals surface area contributed by atoms with E-state index in [9.17, 15) is 9.59 Å². The Morgan fingerprint density at radius 3 is 2.14 bits per heavy atom. The summed E-state index contributed by atoms with van der Waals surface area (Å²) in [6.07, 6.45) is 8.56. The Kier molecular flexibility index (Phi) is 6.04. The van der Waals surface area contributed by atoms with E-state index in [0.717, 1.165) is 34.7 Å². The van der Waals surface area contributed by atoms with Gasteiger partial charge in [-0.25, -0.2) is 9.59 Å².